The molecule has 3 rings (SSSR count). The van der Waals surface area contributed by atoms with Crippen molar-refractivity contribution in [2.24, 2.45) is 0 Å². The number of nitrogens with one attached hydrogen (secondary N) is 1. The maximum absolute atomic E-state index is 12.8. The Kier molecular flexibility index (Phi) is 5.30. The summed E-state index contributed by atoms with van der Waals surface area (Å²) in [6.45, 7) is 2.50. The van der Waals surface area contributed by atoms with Gasteiger partial charge in [0.1, 0.15) is 0 Å². The Morgan fingerprint density at radius 3 is 2.58 bits per heavy atom. The molecule has 2 aromatic rings. The molecule has 1 saturated heterocycles. The second kappa shape index (κ2) is 7.44. The summed E-state index contributed by atoms with van der Waals surface area (Å²) in [4.78, 5) is 2.43. The zero-order valence-electron chi connectivity index (χ0n) is 13.7. The fourth-order valence-corrected chi connectivity index (χ4v) is 4.12. The van der Waals surface area contributed by atoms with Gasteiger partial charge in [-0.1, -0.05) is 48.5 Å². The van der Waals surface area contributed by atoms with E-state index in [1.54, 1.807) is 12.1 Å². The van der Waals surface area contributed by atoms with Gasteiger partial charge in [-0.2, -0.15) is 0 Å². The maximum atomic E-state index is 12.8. The predicted octanol–water partition coefficient (Wildman–Crippen LogP) is 1.96. The van der Waals surface area contributed by atoms with Gasteiger partial charge >= 0.3 is 0 Å². The lowest BCUT2D eigenvalue weighted by Crippen LogP contribution is -2.45. The molecule has 1 heterocycles. The Bertz CT molecular complexity index is 778. The lowest BCUT2D eigenvalue weighted by molar-refractivity contribution is -0.0156. The summed E-state index contributed by atoms with van der Waals surface area (Å²) in [7, 11) is -1.60. The van der Waals surface area contributed by atoms with E-state index in [-0.39, 0.29) is 12.6 Å². The van der Waals surface area contributed by atoms with Crippen molar-refractivity contribution in [3.8, 4) is 11.1 Å². The zero-order valence-corrected chi connectivity index (χ0v) is 14.5. The van der Waals surface area contributed by atoms with E-state index in [9.17, 15) is 8.42 Å². The van der Waals surface area contributed by atoms with Crippen LogP contribution >= 0.6 is 0 Å². The van der Waals surface area contributed by atoms with E-state index in [1.165, 1.54) is 0 Å². The van der Waals surface area contributed by atoms with Gasteiger partial charge in [-0.05, 0) is 18.7 Å². The van der Waals surface area contributed by atoms with Crippen LogP contribution in [-0.4, -0.2) is 52.7 Å². The summed E-state index contributed by atoms with van der Waals surface area (Å²) in [6.07, 6.45) is -0.123. The summed E-state index contributed by atoms with van der Waals surface area (Å²) in [5.41, 5.74) is 1.58. The Morgan fingerprint density at radius 1 is 1.12 bits per heavy atom. The lowest BCUT2D eigenvalue weighted by Gasteiger charge is -2.30. The highest BCUT2D eigenvalue weighted by atomic mass is 32.2. The molecule has 1 aliphatic heterocycles. The molecular formula is C18H22N2O3S. The Morgan fingerprint density at radius 2 is 1.83 bits per heavy atom. The zero-order chi connectivity index (χ0) is 17.0. The van der Waals surface area contributed by atoms with E-state index in [0.717, 1.165) is 18.7 Å². The van der Waals surface area contributed by atoms with Gasteiger partial charge in [0.15, 0.2) is 0 Å². The fourth-order valence-electron chi connectivity index (χ4n) is 2.83. The third-order valence-corrected chi connectivity index (χ3v) is 5.59. The first-order valence-corrected chi connectivity index (χ1v) is 9.49. The number of nitrogens with zero attached hydrogens (tertiary/aromatic N) is 1. The van der Waals surface area contributed by atoms with Gasteiger partial charge in [0.2, 0.25) is 10.0 Å². The van der Waals surface area contributed by atoms with Crippen molar-refractivity contribution in [2.45, 2.75) is 11.0 Å². The molecule has 0 spiro atoms. The molecule has 1 N–H and O–H groups in total. The van der Waals surface area contributed by atoms with Crippen LogP contribution in [0.2, 0.25) is 0 Å². The van der Waals surface area contributed by atoms with Gasteiger partial charge in [0, 0.05) is 25.2 Å². The van der Waals surface area contributed by atoms with Crippen LogP contribution in [-0.2, 0) is 14.8 Å². The molecule has 1 aliphatic rings. The molecule has 0 saturated carbocycles. The number of morpholine rings is 1. The Labute approximate surface area is 143 Å². The van der Waals surface area contributed by atoms with Crippen LogP contribution in [0.1, 0.15) is 0 Å². The monoisotopic (exact) mass is 346 g/mol. The van der Waals surface area contributed by atoms with Gasteiger partial charge < -0.3 is 9.64 Å². The third-order valence-electron chi connectivity index (χ3n) is 4.10. The van der Waals surface area contributed by atoms with Crippen molar-refractivity contribution in [1.29, 1.82) is 0 Å². The van der Waals surface area contributed by atoms with Crippen molar-refractivity contribution >= 4 is 10.0 Å². The van der Waals surface area contributed by atoms with Crippen LogP contribution in [0.4, 0.5) is 0 Å². The van der Waals surface area contributed by atoms with Gasteiger partial charge in [-0.15, -0.1) is 0 Å². The van der Waals surface area contributed by atoms with Crippen LogP contribution in [0.3, 0.4) is 0 Å². The molecule has 128 valence electrons. The summed E-state index contributed by atoms with van der Waals surface area (Å²) < 4.78 is 33.9. The summed E-state index contributed by atoms with van der Waals surface area (Å²) in [5.74, 6) is 0. The SMILES string of the molecule is CN1CCO[C@@H](CNS(=O)(=O)c2ccccc2-c2ccccc2)C1. The predicted molar refractivity (Wildman–Crippen MR) is 94.3 cm³/mol. The van der Waals surface area contributed by atoms with E-state index in [0.29, 0.717) is 17.1 Å². The average molecular weight is 346 g/mol. The van der Waals surface area contributed by atoms with Crippen molar-refractivity contribution in [3.05, 3.63) is 54.6 Å². The molecule has 6 heteroatoms. The second-order valence-corrected chi connectivity index (χ2v) is 7.70. The van der Waals surface area contributed by atoms with E-state index < -0.39 is 10.0 Å². The van der Waals surface area contributed by atoms with Crippen LogP contribution in [0.5, 0.6) is 0 Å². The largest absolute Gasteiger partial charge is 0.374 e. The summed E-state index contributed by atoms with van der Waals surface area (Å²) in [5, 5.41) is 0. The van der Waals surface area contributed by atoms with E-state index in [4.69, 9.17) is 4.74 Å². The molecule has 0 unspecified atom stereocenters. The number of likely N-dealkylation sites (N-methyl/N-ethyl adjacent to an activating group) is 1. The molecular weight excluding hydrogens is 324 g/mol. The molecule has 5 nitrogen and oxygen atoms in total. The first-order chi connectivity index (χ1) is 11.6. The molecule has 0 aromatic heterocycles. The number of ether oxygens (including phenoxy) is 1. The quantitative estimate of drug-likeness (QED) is 0.899. The molecule has 0 aliphatic carbocycles. The first-order valence-electron chi connectivity index (χ1n) is 8.00. The van der Waals surface area contributed by atoms with Crippen molar-refractivity contribution in [3.63, 3.8) is 0 Å². The molecule has 0 radical (unpaired) electrons. The molecule has 1 fully saturated rings. The van der Waals surface area contributed by atoms with E-state index in [2.05, 4.69) is 9.62 Å². The number of sulfonamides is 1. The minimum Gasteiger partial charge on any atom is -0.374 e. The lowest BCUT2D eigenvalue weighted by atomic mass is 10.1. The van der Waals surface area contributed by atoms with Gasteiger partial charge in [-0.25, -0.2) is 13.1 Å². The van der Waals surface area contributed by atoms with Crippen molar-refractivity contribution in [2.75, 3.05) is 33.3 Å². The summed E-state index contributed by atoms with van der Waals surface area (Å²) in [6, 6.07) is 16.6. The van der Waals surface area contributed by atoms with Gasteiger partial charge in [0.25, 0.3) is 0 Å². The minimum atomic E-state index is -3.60. The summed E-state index contributed by atoms with van der Waals surface area (Å²) >= 11 is 0. The van der Waals surface area contributed by atoms with Crippen LogP contribution in [0, 0.1) is 0 Å². The molecule has 0 amide bonds. The van der Waals surface area contributed by atoms with Crippen LogP contribution < -0.4 is 4.72 Å². The Hall–Kier alpha value is -1.73. The van der Waals surface area contributed by atoms with Gasteiger partial charge in [0.05, 0.1) is 17.6 Å². The van der Waals surface area contributed by atoms with Crippen molar-refractivity contribution in [1.82, 2.24) is 9.62 Å². The second-order valence-electron chi connectivity index (χ2n) is 5.97. The number of rotatable bonds is 5. The van der Waals surface area contributed by atoms with E-state index >= 15 is 0 Å². The highest BCUT2D eigenvalue weighted by Crippen LogP contribution is 2.26. The Balaban J connectivity index is 1.80. The van der Waals surface area contributed by atoms with Crippen molar-refractivity contribution < 1.29 is 13.2 Å². The molecule has 1 atom stereocenters. The molecule has 0 bridgehead atoms. The normalized spacial score (nSPS) is 19.3. The average Bonchev–Trinajstić information content (AvgIpc) is 2.61. The number of benzene rings is 2. The van der Waals surface area contributed by atoms with E-state index in [1.807, 2.05) is 49.5 Å². The standard InChI is InChI=1S/C18H22N2O3S/c1-20-11-12-23-16(14-20)13-19-24(21,22)18-10-6-5-9-17(18)15-7-3-2-4-8-15/h2-10,16,19H,11-14H2,1H3/t16-/m0/s1. The number of hydrogen-bond acceptors (Lipinski definition) is 4. The topological polar surface area (TPSA) is 58.6 Å². The van der Waals surface area contributed by atoms with Crippen LogP contribution in [0.15, 0.2) is 59.5 Å². The smallest absolute Gasteiger partial charge is 0.241 e. The fraction of sp³-hybridized carbons (Fsp3) is 0.333. The third kappa shape index (κ3) is 4.02. The van der Waals surface area contributed by atoms with Gasteiger partial charge in [-0.3, -0.25) is 0 Å². The molecule has 2 aromatic carbocycles. The first kappa shape index (κ1) is 17.1. The highest BCUT2D eigenvalue weighted by Gasteiger charge is 2.23. The minimum absolute atomic E-state index is 0.123. The highest BCUT2D eigenvalue weighted by molar-refractivity contribution is 7.89. The maximum Gasteiger partial charge on any atom is 0.241 e. The molecule has 24 heavy (non-hydrogen) atoms. The van der Waals surface area contributed by atoms with Crippen LogP contribution in [0.25, 0.3) is 11.1 Å². The number of hydrogen-bond donors (Lipinski definition) is 1.